The largest absolute Gasteiger partial charge is 0.504 e. The molecule has 7 heteroatoms. The fourth-order valence-electron chi connectivity index (χ4n) is 2.79. The number of oxazole rings is 1. The van der Waals surface area contributed by atoms with Gasteiger partial charge in [-0.2, -0.15) is 5.26 Å². The van der Waals surface area contributed by atoms with Crippen LogP contribution < -0.4 is 10.1 Å². The van der Waals surface area contributed by atoms with Crippen LogP contribution in [0.1, 0.15) is 28.3 Å². The average molecular weight is 364 g/mol. The van der Waals surface area contributed by atoms with Gasteiger partial charge in [0.1, 0.15) is 23.3 Å². The van der Waals surface area contributed by atoms with Crippen molar-refractivity contribution in [1.29, 1.82) is 5.26 Å². The third-order valence-corrected chi connectivity index (χ3v) is 4.27. The number of hydrogen-bond acceptors (Lipinski definition) is 7. The van der Waals surface area contributed by atoms with E-state index in [-0.39, 0.29) is 5.75 Å². The Bertz CT molecular complexity index is 1010. The second-order valence-corrected chi connectivity index (χ2v) is 6.16. The Morgan fingerprint density at radius 1 is 1.22 bits per heavy atom. The zero-order valence-electron chi connectivity index (χ0n) is 15.6. The van der Waals surface area contributed by atoms with Gasteiger partial charge in [-0.1, -0.05) is 0 Å². The van der Waals surface area contributed by atoms with Crippen LogP contribution in [-0.2, 0) is 6.54 Å². The summed E-state index contributed by atoms with van der Waals surface area (Å²) in [5.74, 6) is 2.23. The number of ether oxygens (including phenoxy) is 1. The van der Waals surface area contributed by atoms with Crippen LogP contribution in [0.2, 0.25) is 0 Å². The van der Waals surface area contributed by atoms with Gasteiger partial charge in [-0.3, -0.25) is 0 Å². The quantitative estimate of drug-likeness (QED) is 0.708. The topological polar surface area (TPSA) is 104 Å². The van der Waals surface area contributed by atoms with Crippen LogP contribution >= 0.6 is 0 Å². The highest BCUT2D eigenvalue weighted by atomic mass is 16.5. The zero-order valence-corrected chi connectivity index (χ0v) is 15.6. The summed E-state index contributed by atoms with van der Waals surface area (Å²) in [6, 6.07) is 8.93. The smallest absolute Gasteiger partial charge is 0.226 e. The molecule has 0 aliphatic rings. The summed E-state index contributed by atoms with van der Waals surface area (Å²) in [5, 5.41) is 22.1. The predicted molar refractivity (Wildman–Crippen MR) is 101 cm³/mol. The van der Waals surface area contributed by atoms with E-state index < -0.39 is 0 Å². The summed E-state index contributed by atoms with van der Waals surface area (Å²) in [4.78, 5) is 8.94. The van der Waals surface area contributed by atoms with E-state index in [9.17, 15) is 5.11 Å². The Kier molecular flexibility index (Phi) is 4.99. The molecule has 0 spiro atoms. The first kappa shape index (κ1) is 18.3. The minimum absolute atomic E-state index is 0.0593. The summed E-state index contributed by atoms with van der Waals surface area (Å²) in [5.41, 5.74) is 3.62. The minimum Gasteiger partial charge on any atom is -0.504 e. The fraction of sp³-hybridized carbons (Fsp3) is 0.250. The molecule has 0 unspecified atom stereocenters. The first-order valence-electron chi connectivity index (χ1n) is 8.38. The van der Waals surface area contributed by atoms with Crippen molar-refractivity contribution in [3.63, 3.8) is 0 Å². The molecule has 2 aromatic heterocycles. The van der Waals surface area contributed by atoms with Crippen LogP contribution in [0.5, 0.6) is 11.5 Å². The molecular formula is C20H20N4O3. The number of phenols is 1. The van der Waals surface area contributed by atoms with Gasteiger partial charge in [-0.25, -0.2) is 9.97 Å². The number of methoxy groups -OCH3 is 1. The van der Waals surface area contributed by atoms with Gasteiger partial charge >= 0.3 is 0 Å². The van der Waals surface area contributed by atoms with E-state index >= 15 is 0 Å². The van der Waals surface area contributed by atoms with E-state index in [2.05, 4.69) is 21.4 Å². The number of phenolic OH excluding ortho intramolecular Hbond substituents is 1. The van der Waals surface area contributed by atoms with Gasteiger partial charge in [0.15, 0.2) is 11.5 Å². The van der Waals surface area contributed by atoms with Crippen molar-refractivity contribution >= 4 is 5.82 Å². The number of nitriles is 1. The van der Waals surface area contributed by atoms with Crippen LogP contribution in [0.4, 0.5) is 5.82 Å². The van der Waals surface area contributed by atoms with E-state index in [1.807, 2.05) is 26.8 Å². The normalized spacial score (nSPS) is 10.5. The molecule has 3 aromatic rings. The van der Waals surface area contributed by atoms with E-state index in [0.717, 1.165) is 11.3 Å². The number of benzene rings is 1. The van der Waals surface area contributed by atoms with Crippen molar-refractivity contribution in [2.45, 2.75) is 27.3 Å². The molecule has 27 heavy (non-hydrogen) atoms. The maximum Gasteiger partial charge on any atom is 0.226 e. The number of rotatable bonds is 5. The third kappa shape index (κ3) is 3.70. The van der Waals surface area contributed by atoms with Gasteiger partial charge in [0.2, 0.25) is 5.89 Å². The fourth-order valence-corrected chi connectivity index (χ4v) is 2.79. The Morgan fingerprint density at radius 2 is 2.00 bits per heavy atom. The van der Waals surface area contributed by atoms with E-state index in [0.29, 0.717) is 46.6 Å². The maximum absolute atomic E-state index is 9.72. The molecule has 0 fully saturated rings. The number of aromatic hydroxyl groups is 1. The van der Waals surface area contributed by atoms with Crippen LogP contribution in [0.25, 0.3) is 11.5 Å². The van der Waals surface area contributed by atoms with E-state index in [4.69, 9.17) is 14.4 Å². The molecule has 0 aliphatic carbocycles. The number of anilines is 1. The Hall–Kier alpha value is -3.53. The Labute approximate surface area is 157 Å². The molecule has 3 rings (SSSR count). The van der Waals surface area contributed by atoms with Crippen LogP contribution in [-0.4, -0.2) is 22.2 Å². The second-order valence-electron chi connectivity index (χ2n) is 6.16. The SMILES string of the molecule is COc1cc(-c2nc(CNc3cc(C)c(C#N)c(C)n3)c(C)o2)ccc1O. The molecule has 0 saturated heterocycles. The third-order valence-electron chi connectivity index (χ3n) is 4.27. The summed E-state index contributed by atoms with van der Waals surface area (Å²) >= 11 is 0. The summed E-state index contributed by atoms with van der Waals surface area (Å²) in [7, 11) is 1.49. The van der Waals surface area contributed by atoms with Crippen molar-refractivity contribution in [2.75, 3.05) is 12.4 Å². The molecule has 7 nitrogen and oxygen atoms in total. The van der Waals surface area contributed by atoms with Crippen molar-refractivity contribution in [1.82, 2.24) is 9.97 Å². The standard InChI is InChI=1S/C20H20N4O3/c1-11-7-19(23-12(2)15(11)9-21)22-10-16-13(3)27-20(24-16)14-5-6-17(25)18(8-14)26-4/h5-8,25H,10H2,1-4H3,(H,22,23). The van der Waals surface area contributed by atoms with Gasteiger partial charge in [-0.05, 0) is 50.6 Å². The minimum atomic E-state index is 0.0593. The Balaban J connectivity index is 1.81. The molecule has 0 aliphatic heterocycles. The molecule has 138 valence electrons. The number of pyridine rings is 1. The lowest BCUT2D eigenvalue weighted by Crippen LogP contribution is -2.05. The second kappa shape index (κ2) is 7.38. The van der Waals surface area contributed by atoms with E-state index in [1.165, 1.54) is 13.2 Å². The lowest BCUT2D eigenvalue weighted by atomic mass is 10.1. The van der Waals surface area contributed by atoms with Gasteiger partial charge in [-0.15, -0.1) is 0 Å². The molecule has 2 N–H and O–H groups in total. The number of aromatic nitrogens is 2. The highest BCUT2D eigenvalue weighted by Gasteiger charge is 2.14. The lowest BCUT2D eigenvalue weighted by molar-refractivity contribution is 0.373. The van der Waals surface area contributed by atoms with Gasteiger partial charge in [0, 0.05) is 5.56 Å². The molecule has 0 bridgehead atoms. The van der Waals surface area contributed by atoms with Crippen molar-refractivity contribution in [2.24, 2.45) is 0 Å². The summed E-state index contributed by atoms with van der Waals surface area (Å²) < 4.78 is 10.9. The van der Waals surface area contributed by atoms with E-state index in [1.54, 1.807) is 12.1 Å². The molecular weight excluding hydrogens is 344 g/mol. The highest BCUT2D eigenvalue weighted by Crippen LogP contribution is 2.32. The van der Waals surface area contributed by atoms with Gasteiger partial charge < -0.3 is 19.6 Å². The molecule has 1 aromatic carbocycles. The van der Waals surface area contributed by atoms with Crippen LogP contribution in [0.15, 0.2) is 28.7 Å². The van der Waals surface area contributed by atoms with Crippen molar-refractivity contribution < 1.29 is 14.3 Å². The molecule has 2 heterocycles. The number of aryl methyl sites for hydroxylation is 3. The highest BCUT2D eigenvalue weighted by molar-refractivity contribution is 5.60. The number of hydrogen-bond donors (Lipinski definition) is 2. The molecule has 0 radical (unpaired) electrons. The maximum atomic E-state index is 9.72. The predicted octanol–water partition coefficient (Wildman–Crippen LogP) is 3.86. The number of nitrogens with zero attached hydrogens (tertiary/aromatic N) is 3. The molecule has 0 saturated carbocycles. The lowest BCUT2D eigenvalue weighted by Gasteiger charge is -2.08. The molecule has 0 atom stereocenters. The summed E-state index contributed by atoms with van der Waals surface area (Å²) in [6.45, 7) is 5.97. The monoisotopic (exact) mass is 364 g/mol. The number of nitrogens with one attached hydrogen (secondary N) is 1. The van der Waals surface area contributed by atoms with Crippen LogP contribution in [0, 0.1) is 32.1 Å². The summed E-state index contributed by atoms with van der Waals surface area (Å²) in [6.07, 6.45) is 0. The first-order valence-corrected chi connectivity index (χ1v) is 8.38. The zero-order chi connectivity index (χ0) is 19.6. The van der Waals surface area contributed by atoms with Crippen molar-refractivity contribution in [3.05, 3.63) is 52.5 Å². The van der Waals surface area contributed by atoms with Gasteiger partial charge in [0.25, 0.3) is 0 Å². The molecule has 0 amide bonds. The van der Waals surface area contributed by atoms with Gasteiger partial charge in [0.05, 0.1) is 24.9 Å². The Morgan fingerprint density at radius 3 is 2.67 bits per heavy atom. The average Bonchev–Trinajstić information content (AvgIpc) is 3.01. The van der Waals surface area contributed by atoms with Crippen LogP contribution in [0.3, 0.4) is 0 Å². The van der Waals surface area contributed by atoms with Crippen molar-refractivity contribution in [3.8, 4) is 29.0 Å². The first-order chi connectivity index (χ1) is 12.9.